The van der Waals surface area contributed by atoms with E-state index in [0.29, 0.717) is 24.6 Å². The predicted molar refractivity (Wildman–Crippen MR) is 88.5 cm³/mol. The summed E-state index contributed by atoms with van der Waals surface area (Å²) >= 11 is 0. The zero-order valence-corrected chi connectivity index (χ0v) is 14.2. The van der Waals surface area contributed by atoms with Gasteiger partial charge in [0.2, 0.25) is 0 Å². The average Bonchev–Trinajstić information content (AvgIpc) is 3.09. The third-order valence-electron chi connectivity index (χ3n) is 3.68. The molecule has 1 aliphatic rings. The van der Waals surface area contributed by atoms with Gasteiger partial charge in [-0.25, -0.2) is 10.0 Å². The standard InChI is InChI=1S/C17H22N2O5/c1-22-12-17(21)19-10-4-9-18(19)16(20)8-5-13-11-14(23-2)6-7-15(13)24-3/h5-8,11H,4,9-10,12H2,1-3H3. The van der Waals surface area contributed by atoms with Crippen molar-refractivity contribution in [1.82, 2.24) is 10.0 Å². The van der Waals surface area contributed by atoms with Crippen molar-refractivity contribution in [2.75, 3.05) is 41.0 Å². The van der Waals surface area contributed by atoms with Crippen LogP contribution in [0.25, 0.3) is 6.08 Å². The molecule has 0 saturated carbocycles. The third-order valence-corrected chi connectivity index (χ3v) is 3.68. The van der Waals surface area contributed by atoms with Crippen LogP contribution >= 0.6 is 0 Å². The molecular weight excluding hydrogens is 312 g/mol. The molecule has 0 N–H and O–H groups in total. The van der Waals surface area contributed by atoms with Crippen LogP contribution in [0.1, 0.15) is 12.0 Å². The van der Waals surface area contributed by atoms with Crippen LogP contribution in [0.15, 0.2) is 24.3 Å². The van der Waals surface area contributed by atoms with Gasteiger partial charge in [0.25, 0.3) is 11.8 Å². The predicted octanol–water partition coefficient (Wildman–Crippen LogP) is 1.34. The van der Waals surface area contributed by atoms with Gasteiger partial charge in [0.15, 0.2) is 0 Å². The molecule has 1 heterocycles. The van der Waals surface area contributed by atoms with Gasteiger partial charge in [-0.3, -0.25) is 9.59 Å². The van der Waals surface area contributed by atoms with Gasteiger partial charge in [0, 0.05) is 31.8 Å². The van der Waals surface area contributed by atoms with Gasteiger partial charge < -0.3 is 14.2 Å². The minimum Gasteiger partial charge on any atom is -0.497 e. The fourth-order valence-electron chi connectivity index (χ4n) is 2.51. The van der Waals surface area contributed by atoms with E-state index < -0.39 is 0 Å². The lowest BCUT2D eigenvalue weighted by molar-refractivity contribution is -0.157. The molecular formula is C17H22N2O5. The van der Waals surface area contributed by atoms with Crippen LogP contribution in [-0.2, 0) is 14.3 Å². The van der Waals surface area contributed by atoms with E-state index in [9.17, 15) is 9.59 Å². The first kappa shape index (κ1) is 17.8. The molecule has 24 heavy (non-hydrogen) atoms. The second-order valence-electron chi connectivity index (χ2n) is 5.21. The first-order valence-corrected chi connectivity index (χ1v) is 7.61. The van der Waals surface area contributed by atoms with E-state index in [-0.39, 0.29) is 18.4 Å². The molecule has 1 fully saturated rings. The molecule has 1 aromatic carbocycles. The van der Waals surface area contributed by atoms with Gasteiger partial charge >= 0.3 is 0 Å². The molecule has 0 unspecified atom stereocenters. The SMILES string of the molecule is COCC(=O)N1CCCN1C(=O)C=Cc1cc(OC)ccc1OC. The van der Waals surface area contributed by atoms with Crippen molar-refractivity contribution in [1.29, 1.82) is 0 Å². The lowest BCUT2D eigenvalue weighted by Crippen LogP contribution is -2.45. The molecule has 0 atom stereocenters. The molecule has 0 aliphatic carbocycles. The highest BCUT2D eigenvalue weighted by atomic mass is 16.5. The first-order chi connectivity index (χ1) is 11.6. The highest BCUT2D eigenvalue weighted by molar-refractivity contribution is 5.94. The van der Waals surface area contributed by atoms with Crippen LogP contribution < -0.4 is 9.47 Å². The Hall–Kier alpha value is -2.54. The summed E-state index contributed by atoms with van der Waals surface area (Å²) in [5, 5.41) is 2.86. The van der Waals surface area contributed by atoms with Crippen LogP contribution in [0.3, 0.4) is 0 Å². The van der Waals surface area contributed by atoms with Crippen LogP contribution in [0, 0.1) is 0 Å². The fraction of sp³-hybridized carbons (Fsp3) is 0.412. The maximum atomic E-state index is 12.4. The van der Waals surface area contributed by atoms with E-state index in [1.54, 1.807) is 38.5 Å². The molecule has 2 rings (SSSR count). The molecule has 1 saturated heterocycles. The summed E-state index contributed by atoms with van der Waals surface area (Å²) in [6.07, 6.45) is 3.83. The minimum absolute atomic E-state index is 0.0444. The van der Waals surface area contributed by atoms with Crippen LogP contribution in [-0.4, -0.2) is 62.9 Å². The number of carbonyl (C=O) groups is 2. The Morgan fingerprint density at radius 2 is 1.88 bits per heavy atom. The topological polar surface area (TPSA) is 68.3 Å². The number of hydrogen-bond donors (Lipinski definition) is 0. The number of methoxy groups -OCH3 is 3. The smallest absolute Gasteiger partial charge is 0.267 e. The Morgan fingerprint density at radius 1 is 1.12 bits per heavy atom. The number of amides is 2. The summed E-state index contributed by atoms with van der Waals surface area (Å²) < 4.78 is 15.3. The van der Waals surface area contributed by atoms with Gasteiger partial charge in [-0.2, -0.15) is 0 Å². The summed E-state index contributed by atoms with van der Waals surface area (Å²) in [4.78, 5) is 24.4. The van der Waals surface area contributed by atoms with Crippen molar-refractivity contribution >= 4 is 17.9 Å². The molecule has 0 spiro atoms. The second kappa shape index (κ2) is 8.35. The number of carbonyl (C=O) groups excluding carboxylic acids is 2. The summed E-state index contributed by atoms with van der Waals surface area (Å²) in [6.45, 7) is 0.981. The Balaban J connectivity index is 2.13. The second-order valence-corrected chi connectivity index (χ2v) is 5.21. The van der Waals surface area contributed by atoms with Gasteiger partial charge in [-0.05, 0) is 30.7 Å². The van der Waals surface area contributed by atoms with E-state index in [1.807, 2.05) is 0 Å². The Morgan fingerprint density at radius 3 is 2.54 bits per heavy atom. The Labute approximate surface area is 141 Å². The number of ether oxygens (including phenoxy) is 3. The number of rotatable bonds is 6. The van der Waals surface area contributed by atoms with Crippen LogP contribution in [0.4, 0.5) is 0 Å². The molecule has 7 heteroatoms. The largest absolute Gasteiger partial charge is 0.497 e. The zero-order valence-electron chi connectivity index (χ0n) is 14.2. The first-order valence-electron chi connectivity index (χ1n) is 7.61. The third kappa shape index (κ3) is 4.05. The minimum atomic E-state index is -0.262. The van der Waals surface area contributed by atoms with Gasteiger partial charge in [-0.15, -0.1) is 0 Å². The Kier molecular flexibility index (Phi) is 6.20. The number of hydrazine groups is 1. The summed E-state index contributed by atoms with van der Waals surface area (Å²) in [5.74, 6) is 0.812. The number of nitrogens with zero attached hydrogens (tertiary/aromatic N) is 2. The van der Waals surface area contributed by atoms with Crippen molar-refractivity contribution in [2.24, 2.45) is 0 Å². The summed E-state index contributed by atoms with van der Waals surface area (Å²) in [7, 11) is 4.59. The van der Waals surface area contributed by atoms with E-state index in [1.165, 1.54) is 23.2 Å². The lowest BCUT2D eigenvalue weighted by atomic mass is 10.1. The lowest BCUT2D eigenvalue weighted by Gasteiger charge is -2.26. The molecule has 0 radical (unpaired) electrons. The molecule has 1 aliphatic heterocycles. The zero-order chi connectivity index (χ0) is 17.5. The number of hydrogen-bond acceptors (Lipinski definition) is 5. The summed E-state index contributed by atoms with van der Waals surface area (Å²) in [6, 6.07) is 5.33. The van der Waals surface area contributed by atoms with E-state index in [4.69, 9.17) is 14.2 Å². The monoisotopic (exact) mass is 334 g/mol. The van der Waals surface area contributed by atoms with Crippen molar-refractivity contribution in [3.8, 4) is 11.5 Å². The normalized spacial score (nSPS) is 14.3. The maximum absolute atomic E-state index is 12.4. The van der Waals surface area contributed by atoms with Crippen molar-refractivity contribution in [2.45, 2.75) is 6.42 Å². The number of benzene rings is 1. The maximum Gasteiger partial charge on any atom is 0.267 e. The summed E-state index contributed by atoms with van der Waals surface area (Å²) in [5.41, 5.74) is 0.721. The van der Waals surface area contributed by atoms with Crippen LogP contribution in [0.2, 0.25) is 0 Å². The van der Waals surface area contributed by atoms with Crippen molar-refractivity contribution in [3.05, 3.63) is 29.8 Å². The fourth-order valence-corrected chi connectivity index (χ4v) is 2.51. The quantitative estimate of drug-likeness (QED) is 0.735. The highest BCUT2D eigenvalue weighted by Crippen LogP contribution is 2.25. The van der Waals surface area contributed by atoms with Gasteiger partial charge in [0.05, 0.1) is 14.2 Å². The van der Waals surface area contributed by atoms with Crippen molar-refractivity contribution < 1.29 is 23.8 Å². The average molecular weight is 334 g/mol. The molecule has 7 nitrogen and oxygen atoms in total. The molecule has 2 amide bonds. The van der Waals surface area contributed by atoms with E-state index in [2.05, 4.69) is 0 Å². The highest BCUT2D eigenvalue weighted by Gasteiger charge is 2.29. The van der Waals surface area contributed by atoms with E-state index >= 15 is 0 Å². The van der Waals surface area contributed by atoms with E-state index in [0.717, 1.165) is 12.0 Å². The van der Waals surface area contributed by atoms with Gasteiger partial charge in [-0.1, -0.05) is 0 Å². The molecule has 1 aromatic rings. The van der Waals surface area contributed by atoms with Gasteiger partial charge in [0.1, 0.15) is 18.1 Å². The molecule has 0 aromatic heterocycles. The van der Waals surface area contributed by atoms with Crippen molar-refractivity contribution in [3.63, 3.8) is 0 Å². The molecule has 0 bridgehead atoms. The van der Waals surface area contributed by atoms with Crippen LogP contribution in [0.5, 0.6) is 11.5 Å². The molecule has 130 valence electrons. The Bertz CT molecular complexity index is 629.